The number of carbonyl (C=O) groups excluding carboxylic acids is 1. The van der Waals surface area contributed by atoms with Crippen molar-refractivity contribution in [1.29, 1.82) is 5.26 Å². The van der Waals surface area contributed by atoms with Crippen LogP contribution in [0.3, 0.4) is 0 Å². The molecular weight excluding hydrogens is 214 g/mol. The van der Waals surface area contributed by atoms with Crippen LogP contribution in [0.25, 0.3) is 0 Å². The third kappa shape index (κ3) is 2.61. The zero-order valence-electron chi connectivity index (χ0n) is 10.5. The van der Waals surface area contributed by atoms with Gasteiger partial charge in [-0.25, -0.2) is 0 Å². The standard InChI is InChI=1S/C13H21N3O/c1-16-7-2-4-11(9-16)8-15-12(17)13(10-14)5-3-6-13/h11H,2-9H2,1H3,(H,15,17). The SMILES string of the molecule is CN1CCCC(CNC(=O)C2(C#N)CCC2)C1. The summed E-state index contributed by atoms with van der Waals surface area (Å²) in [4.78, 5) is 14.3. The van der Waals surface area contributed by atoms with Gasteiger partial charge < -0.3 is 10.2 Å². The molecule has 1 heterocycles. The van der Waals surface area contributed by atoms with Crippen molar-refractivity contribution in [3.8, 4) is 6.07 Å². The lowest BCUT2D eigenvalue weighted by molar-refractivity contribution is -0.132. The van der Waals surface area contributed by atoms with E-state index < -0.39 is 5.41 Å². The quantitative estimate of drug-likeness (QED) is 0.798. The second kappa shape index (κ2) is 5.05. The fourth-order valence-electron chi connectivity index (χ4n) is 2.77. The van der Waals surface area contributed by atoms with Gasteiger partial charge in [0.1, 0.15) is 5.41 Å². The first-order valence-corrected chi connectivity index (χ1v) is 6.54. The molecule has 1 N–H and O–H groups in total. The second-order valence-corrected chi connectivity index (χ2v) is 5.53. The summed E-state index contributed by atoms with van der Waals surface area (Å²) in [7, 11) is 2.12. The smallest absolute Gasteiger partial charge is 0.240 e. The molecule has 0 spiro atoms. The van der Waals surface area contributed by atoms with Crippen LogP contribution in [0.4, 0.5) is 0 Å². The predicted octanol–water partition coefficient (Wildman–Crippen LogP) is 1.14. The monoisotopic (exact) mass is 235 g/mol. The molecule has 4 nitrogen and oxygen atoms in total. The van der Waals surface area contributed by atoms with Crippen molar-refractivity contribution < 1.29 is 4.79 Å². The highest BCUT2D eigenvalue weighted by Crippen LogP contribution is 2.40. The van der Waals surface area contributed by atoms with Crippen LogP contribution in [-0.4, -0.2) is 37.5 Å². The summed E-state index contributed by atoms with van der Waals surface area (Å²) < 4.78 is 0. The normalized spacial score (nSPS) is 27.9. The van der Waals surface area contributed by atoms with Gasteiger partial charge in [-0.15, -0.1) is 0 Å². The molecule has 2 fully saturated rings. The minimum atomic E-state index is -0.694. The Bertz CT molecular complexity index is 330. The summed E-state index contributed by atoms with van der Waals surface area (Å²) in [6.07, 6.45) is 4.87. The van der Waals surface area contributed by atoms with Gasteiger partial charge in [0.05, 0.1) is 6.07 Å². The summed E-state index contributed by atoms with van der Waals surface area (Å²) in [6, 6.07) is 2.19. The second-order valence-electron chi connectivity index (χ2n) is 5.53. The van der Waals surface area contributed by atoms with Crippen LogP contribution in [0.2, 0.25) is 0 Å². The highest BCUT2D eigenvalue weighted by atomic mass is 16.2. The number of nitriles is 1. The van der Waals surface area contributed by atoms with Gasteiger partial charge >= 0.3 is 0 Å². The summed E-state index contributed by atoms with van der Waals surface area (Å²) in [6.45, 7) is 2.94. The van der Waals surface area contributed by atoms with Crippen molar-refractivity contribution in [3.05, 3.63) is 0 Å². The molecule has 0 radical (unpaired) electrons. The largest absolute Gasteiger partial charge is 0.354 e. The Hall–Kier alpha value is -1.08. The Morgan fingerprint density at radius 3 is 2.82 bits per heavy atom. The number of piperidine rings is 1. The Morgan fingerprint density at radius 1 is 1.53 bits per heavy atom. The van der Waals surface area contributed by atoms with Gasteiger partial charge in [0, 0.05) is 13.1 Å². The minimum Gasteiger partial charge on any atom is -0.354 e. The topological polar surface area (TPSA) is 56.1 Å². The number of nitrogens with one attached hydrogen (secondary N) is 1. The Labute approximate surface area is 103 Å². The number of rotatable bonds is 3. The van der Waals surface area contributed by atoms with Crippen LogP contribution >= 0.6 is 0 Å². The third-order valence-electron chi connectivity index (χ3n) is 4.13. The minimum absolute atomic E-state index is 0.0422. The molecular formula is C13H21N3O. The average Bonchev–Trinajstić information content (AvgIpc) is 2.26. The van der Waals surface area contributed by atoms with Crippen molar-refractivity contribution in [3.63, 3.8) is 0 Å². The molecule has 17 heavy (non-hydrogen) atoms. The molecule has 0 aromatic heterocycles. The van der Waals surface area contributed by atoms with E-state index in [9.17, 15) is 4.79 Å². The molecule has 1 aliphatic heterocycles. The molecule has 2 rings (SSSR count). The van der Waals surface area contributed by atoms with Crippen LogP contribution in [0.5, 0.6) is 0 Å². The molecule has 0 aromatic rings. The van der Waals surface area contributed by atoms with E-state index in [0.717, 1.165) is 38.9 Å². The molecule has 1 amide bonds. The molecule has 2 aliphatic rings. The van der Waals surface area contributed by atoms with Crippen LogP contribution < -0.4 is 5.32 Å². The lowest BCUT2D eigenvalue weighted by atomic mass is 9.69. The Balaban J connectivity index is 1.78. The molecule has 94 valence electrons. The van der Waals surface area contributed by atoms with Crippen LogP contribution in [0.1, 0.15) is 32.1 Å². The van der Waals surface area contributed by atoms with Gasteiger partial charge in [-0.05, 0) is 51.6 Å². The van der Waals surface area contributed by atoms with Gasteiger partial charge in [-0.2, -0.15) is 5.26 Å². The maximum absolute atomic E-state index is 12.0. The molecule has 1 unspecified atom stereocenters. The van der Waals surface area contributed by atoms with E-state index in [0.29, 0.717) is 5.92 Å². The van der Waals surface area contributed by atoms with Gasteiger partial charge in [0.25, 0.3) is 0 Å². The van der Waals surface area contributed by atoms with E-state index in [-0.39, 0.29) is 5.91 Å². The number of carbonyl (C=O) groups is 1. The van der Waals surface area contributed by atoms with E-state index >= 15 is 0 Å². The number of nitrogens with zero attached hydrogens (tertiary/aromatic N) is 2. The molecule has 1 atom stereocenters. The lowest BCUT2D eigenvalue weighted by Crippen LogP contribution is -2.47. The molecule has 4 heteroatoms. The van der Waals surface area contributed by atoms with Crippen LogP contribution in [0.15, 0.2) is 0 Å². The predicted molar refractivity (Wildman–Crippen MR) is 65.1 cm³/mol. The number of likely N-dealkylation sites (tertiary alicyclic amines) is 1. The van der Waals surface area contributed by atoms with E-state index in [2.05, 4.69) is 23.3 Å². The molecule has 0 bridgehead atoms. The molecule has 1 saturated heterocycles. The number of hydrogen-bond donors (Lipinski definition) is 1. The maximum Gasteiger partial charge on any atom is 0.240 e. The Morgan fingerprint density at radius 2 is 2.29 bits per heavy atom. The van der Waals surface area contributed by atoms with Crippen molar-refractivity contribution >= 4 is 5.91 Å². The van der Waals surface area contributed by atoms with E-state index in [1.807, 2.05) is 0 Å². The van der Waals surface area contributed by atoms with Gasteiger partial charge in [0.2, 0.25) is 5.91 Å². The van der Waals surface area contributed by atoms with Crippen molar-refractivity contribution in [2.24, 2.45) is 11.3 Å². The first-order valence-electron chi connectivity index (χ1n) is 6.54. The molecule has 1 aliphatic carbocycles. The average molecular weight is 235 g/mol. The fraction of sp³-hybridized carbons (Fsp3) is 0.846. The molecule has 0 aromatic carbocycles. The van der Waals surface area contributed by atoms with E-state index in [1.165, 1.54) is 12.8 Å². The van der Waals surface area contributed by atoms with E-state index in [4.69, 9.17) is 5.26 Å². The summed E-state index contributed by atoms with van der Waals surface area (Å²) in [5, 5.41) is 12.0. The summed E-state index contributed by atoms with van der Waals surface area (Å²) in [5.41, 5.74) is -0.694. The van der Waals surface area contributed by atoms with Gasteiger partial charge in [0.15, 0.2) is 0 Å². The van der Waals surface area contributed by atoms with Gasteiger partial charge in [-0.1, -0.05) is 0 Å². The lowest BCUT2D eigenvalue weighted by Gasteiger charge is -2.35. The fourth-order valence-corrected chi connectivity index (χ4v) is 2.77. The zero-order valence-corrected chi connectivity index (χ0v) is 10.5. The van der Waals surface area contributed by atoms with Crippen LogP contribution in [-0.2, 0) is 4.79 Å². The Kier molecular flexibility index (Phi) is 3.68. The summed E-state index contributed by atoms with van der Waals surface area (Å²) >= 11 is 0. The van der Waals surface area contributed by atoms with Crippen molar-refractivity contribution in [1.82, 2.24) is 10.2 Å². The third-order valence-corrected chi connectivity index (χ3v) is 4.13. The number of amides is 1. The number of hydrogen-bond acceptors (Lipinski definition) is 3. The van der Waals surface area contributed by atoms with Crippen LogP contribution in [0, 0.1) is 22.7 Å². The first-order chi connectivity index (χ1) is 8.16. The first kappa shape index (κ1) is 12.4. The van der Waals surface area contributed by atoms with Crippen molar-refractivity contribution in [2.45, 2.75) is 32.1 Å². The molecule has 1 saturated carbocycles. The highest BCUT2D eigenvalue weighted by molar-refractivity contribution is 5.86. The highest BCUT2D eigenvalue weighted by Gasteiger charge is 2.44. The zero-order chi connectivity index (χ0) is 12.3. The van der Waals surface area contributed by atoms with Gasteiger partial charge in [-0.3, -0.25) is 4.79 Å². The van der Waals surface area contributed by atoms with Crippen molar-refractivity contribution in [2.75, 3.05) is 26.7 Å². The maximum atomic E-state index is 12.0. The van der Waals surface area contributed by atoms with E-state index in [1.54, 1.807) is 0 Å². The summed E-state index contributed by atoms with van der Waals surface area (Å²) in [5.74, 6) is 0.507.